The fourth-order valence-electron chi connectivity index (χ4n) is 5.00. The van der Waals surface area contributed by atoms with E-state index >= 15 is 0 Å². The van der Waals surface area contributed by atoms with Crippen molar-refractivity contribution < 1.29 is 23.1 Å². The Bertz CT molecular complexity index is 1460. The maximum Gasteiger partial charge on any atom is 0.411 e. The normalized spacial score (nSPS) is 17.1. The molecule has 2 aliphatic rings. The number of pyridine rings is 1. The lowest BCUT2D eigenvalue weighted by atomic mass is 9.98. The van der Waals surface area contributed by atoms with Gasteiger partial charge in [0.15, 0.2) is 0 Å². The van der Waals surface area contributed by atoms with Crippen molar-refractivity contribution in [3.63, 3.8) is 0 Å². The molecule has 0 saturated carbocycles. The first-order valence-electron chi connectivity index (χ1n) is 11.6. The maximum absolute atomic E-state index is 13.3. The Balaban J connectivity index is 1.52. The Morgan fingerprint density at radius 2 is 1.75 bits per heavy atom. The van der Waals surface area contributed by atoms with Gasteiger partial charge in [0.2, 0.25) is 15.9 Å². The number of hydrogen-bond donors (Lipinski definition) is 1. The first kappa shape index (κ1) is 23.8. The van der Waals surface area contributed by atoms with E-state index in [0.29, 0.717) is 35.7 Å². The zero-order valence-corrected chi connectivity index (χ0v) is 20.8. The van der Waals surface area contributed by atoms with E-state index in [0.717, 1.165) is 16.7 Å². The number of carbonyl (C=O) groups is 2. The van der Waals surface area contributed by atoms with Crippen molar-refractivity contribution in [2.45, 2.75) is 25.8 Å². The Hall–Kier alpha value is -3.92. The summed E-state index contributed by atoms with van der Waals surface area (Å²) in [6.45, 7) is 2.38. The Labute approximate surface area is 209 Å². The predicted octanol–water partition coefficient (Wildman–Crippen LogP) is 3.53. The van der Waals surface area contributed by atoms with Gasteiger partial charge >= 0.3 is 6.09 Å². The summed E-state index contributed by atoms with van der Waals surface area (Å²) in [6, 6.07) is 16.1. The summed E-state index contributed by atoms with van der Waals surface area (Å²) >= 11 is 0. The third kappa shape index (κ3) is 4.28. The number of sulfonamides is 1. The van der Waals surface area contributed by atoms with E-state index in [9.17, 15) is 23.1 Å². The van der Waals surface area contributed by atoms with Crippen molar-refractivity contribution in [2.24, 2.45) is 0 Å². The largest absolute Gasteiger partial charge is 0.465 e. The van der Waals surface area contributed by atoms with E-state index in [4.69, 9.17) is 0 Å². The van der Waals surface area contributed by atoms with Crippen LogP contribution in [0.2, 0.25) is 0 Å². The molecule has 0 saturated heterocycles. The highest BCUT2D eigenvalue weighted by Gasteiger charge is 2.35. The first-order chi connectivity index (χ1) is 17.1. The van der Waals surface area contributed by atoms with Gasteiger partial charge in [-0.05, 0) is 66.4 Å². The molecule has 1 N–H and O–H groups in total. The number of amides is 2. The predicted molar refractivity (Wildman–Crippen MR) is 138 cm³/mol. The number of nitrogens with zero attached hydrogens (tertiary/aromatic N) is 4. The topological polar surface area (TPSA) is 111 Å². The smallest absolute Gasteiger partial charge is 0.411 e. The highest BCUT2D eigenvalue weighted by atomic mass is 32.2. The molecule has 0 spiro atoms. The van der Waals surface area contributed by atoms with Crippen LogP contribution in [0.4, 0.5) is 21.9 Å². The van der Waals surface area contributed by atoms with Crippen LogP contribution < -0.4 is 14.1 Å². The fourth-order valence-corrected chi connectivity index (χ4v) is 5.96. The lowest BCUT2D eigenvalue weighted by molar-refractivity contribution is -0.118. The molecule has 3 aromatic rings. The quantitative estimate of drug-likeness (QED) is 0.580. The van der Waals surface area contributed by atoms with E-state index in [-0.39, 0.29) is 24.9 Å². The van der Waals surface area contributed by atoms with Crippen molar-refractivity contribution in [1.82, 2.24) is 4.98 Å². The van der Waals surface area contributed by atoms with Gasteiger partial charge < -0.3 is 10.0 Å². The van der Waals surface area contributed by atoms with E-state index in [2.05, 4.69) is 4.98 Å². The minimum atomic E-state index is -3.35. The summed E-state index contributed by atoms with van der Waals surface area (Å²) < 4.78 is 25.5. The average Bonchev–Trinajstić information content (AvgIpc) is 3.27. The number of hydrogen-bond acceptors (Lipinski definition) is 5. The van der Waals surface area contributed by atoms with Gasteiger partial charge in [0.25, 0.3) is 0 Å². The lowest BCUT2D eigenvalue weighted by Crippen LogP contribution is -2.52. The molecular weight excluding hydrogens is 480 g/mol. The van der Waals surface area contributed by atoms with E-state index in [1.54, 1.807) is 41.4 Å². The Morgan fingerprint density at radius 1 is 1.03 bits per heavy atom. The molecular formula is C26H26N4O5S. The summed E-state index contributed by atoms with van der Waals surface area (Å²) in [5.41, 5.74) is 4.85. The second-order valence-corrected chi connectivity index (χ2v) is 11.0. The number of rotatable bonds is 4. The van der Waals surface area contributed by atoms with E-state index in [1.165, 1.54) is 15.5 Å². The highest BCUT2D eigenvalue weighted by molar-refractivity contribution is 7.92. The summed E-state index contributed by atoms with van der Waals surface area (Å²) in [7, 11) is -3.35. The molecule has 186 valence electrons. The maximum atomic E-state index is 13.3. The van der Waals surface area contributed by atoms with Gasteiger partial charge in [0.1, 0.15) is 0 Å². The van der Waals surface area contributed by atoms with E-state index in [1.807, 2.05) is 31.2 Å². The van der Waals surface area contributed by atoms with Crippen LogP contribution >= 0.6 is 0 Å². The van der Waals surface area contributed by atoms with Crippen LogP contribution in [0.15, 0.2) is 60.8 Å². The van der Waals surface area contributed by atoms with Crippen LogP contribution in [0.5, 0.6) is 0 Å². The summed E-state index contributed by atoms with van der Waals surface area (Å²) in [5, 5.41) is 9.91. The van der Waals surface area contributed by atoms with Crippen LogP contribution in [0, 0.1) is 0 Å². The van der Waals surface area contributed by atoms with Crippen LogP contribution in [-0.4, -0.2) is 55.9 Å². The molecule has 2 aromatic carbocycles. The lowest BCUT2D eigenvalue weighted by Gasteiger charge is -2.40. The third-order valence-electron chi connectivity index (χ3n) is 6.64. The molecule has 2 amide bonds. The molecule has 0 unspecified atom stereocenters. The third-order valence-corrected chi connectivity index (χ3v) is 7.82. The zero-order chi connectivity index (χ0) is 25.6. The van der Waals surface area contributed by atoms with Crippen LogP contribution in [-0.2, 0) is 27.7 Å². The molecule has 3 heterocycles. The molecule has 9 nitrogen and oxygen atoms in total. The molecule has 0 radical (unpaired) electrons. The number of carbonyl (C=O) groups excluding carboxylic acids is 1. The Morgan fingerprint density at radius 3 is 2.42 bits per heavy atom. The molecule has 2 aliphatic heterocycles. The van der Waals surface area contributed by atoms with Crippen molar-refractivity contribution >= 4 is 39.1 Å². The second-order valence-electron chi connectivity index (χ2n) is 9.14. The van der Waals surface area contributed by atoms with Gasteiger partial charge in [-0.1, -0.05) is 18.2 Å². The summed E-state index contributed by atoms with van der Waals surface area (Å²) in [4.78, 5) is 32.6. The van der Waals surface area contributed by atoms with Gasteiger partial charge in [-0.3, -0.25) is 19.0 Å². The number of fused-ring (bicyclic) bond motifs is 2. The van der Waals surface area contributed by atoms with Gasteiger partial charge in [-0.25, -0.2) is 13.2 Å². The van der Waals surface area contributed by atoms with Crippen LogP contribution in [0.3, 0.4) is 0 Å². The number of carboxylic acid groups (broad SMARTS) is 1. The standard InChI is InChI=1S/C26H26N4O5S/c1-17-16-28(26(32)33)24-14-19(18-6-8-22-20(13-18)10-12-29(22)36(2,34)35)7-9-23(24)30(17)25(31)15-21-5-3-4-11-27-21/h3-9,11,13-14,17H,10,12,15-16H2,1-2H3,(H,32,33)/t17-/m0/s1. The molecule has 5 rings (SSSR count). The second kappa shape index (κ2) is 8.94. The van der Waals surface area contributed by atoms with Gasteiger partial charge in [0, 0.05) is 25.0 Å². The van der Waals surface area contributed by atoms with E-state index < -0.39 is 16.1 Å². The molecule has 0 fully saturated rings. The van der Waals surface area contributed by atoms with Crippen molar-refractivity contribution in [3.05, 3.63) is 72.1 Å². The molecule has 36 heavy (non-hydrogen) atoms. The molecule has 0 aliphatic carbocycles. The average molecular weight is 507 g/mol. The van der Waals surface area contributed by atoms with Crippen molar-refractivity contribution in [3.8, 4) is 11.1 Å². The first-order valence-corrected chi connectivity index (χ1v) is 13.5. The van der Waals surface area contributed by atoms with Crippen molar-refractivity contribution in [2.75, 3.05) is 33.5 Å². The molecule has 0 bridgehead atoms. The summed E-state index contributed by atoms with van der Waals surface area (Å²) in [6.07, 6.45) is 2.47. The minimum absolute atomic E-state index is 0.112. The monoisotopic (exact) mass is 506 g/mol. The molecule has 1 aromatic heterocycles. The molecule has 1 atom stereocenters. The highest BCUT2D eigenvalue weighted by Crippen LogP contribution is 2.40. The zero-order valence-electron chi connectivity index (χ0n) is 20.0. The Kier molecular flexibility index (Phi) is 5.91. The number of benzene rings is 2. The number of aromatic nitrogens is 1. The van der Waals surface area contributed by atoms with Crippen molar-refractivity contribution in [1.29, 1.82) is 0 Å². The summed E-state index contributed by atoms with van der Waals surface area (Å²) in [5.74, 6) is -0.154. The minimum Gasteiger partial charge on any atom is -0.465 e. The van der Waals surface area contributed by atoms with Gasteiger partial charge in [0.05, 0.1) is 35.8 Å². The molecule has 10 heteroatoms. The number of anilines is 3. The van der Waals surface area contributed by atoms with Gasteiger partial charge in [-0.2, -0.15) is 0 Å². The van der Waals surface area contributed by atoms with Crippen LogP contribution in [0.1, 0.15) is 18.2 Å². The fraction of sp³-hybridized carbons (Fsp3) is 0.269. The SMILES string of the molecule is C[C@H]1CN(C(=O)O)c2cc(-c3ccc4c(c3)CCN4S(C)(=O)=O)ccc2N1C(=O)Cc1ccccn1. The van der Waals surface area contributed by atoms with Crippen LogP contribution in [0.25, 0.3) is 11.1 Å². The van der Waals surface area contributed by atoms with Gasteiger partial charge in [-0.15, -0.1) is 0 Å².